The fourth-order valence-corrected chi connectivity index (χ4v) is 5.30. The second kappa shape index (κ2) is 11.5. The standard InChI is InChI=1S/C30H28ClNO3S/c1-3-36(33,34)32(22-23-10-6-4-7-11-23)30(26-16-20-28(35-2)21-17-26)29(24-12-8-5-9-13-24)25-14-18-27(31)19-15-25/h4-21H,3,22H2,1-2H3/b30-29-. The normalized spacial score (nSPS) is 12.1. The van der Waals surface area contributed by atoms with E-state index >= 15 is 0 Å². The third-order valence-corrected chi connectivity index (χ3v) is 7.88. The molecule has 4 rings (SSSR count). The van der Waals surface area contributed by atoms with Gasteiger partial charge in [0, 0.05) is 10.6 Å². The van der Waals surface area contributed by atoms with Gasteiger partial charge in [-0.05, 0) is 65.6 Å². The first kappa shape index (κ1) is 25.5. The average Bonchev–Trinajstić information content (AvgIpc) is 2.92. The quantitative estimate of drug-likeness (QED) is 0.222. The van der Waals surface area contributed by atoms with Crippen molar-refractivity contribution in [3.8, 4) is 5.75 Å². The van der Waals surface area contributed by atoms with Gasteiger partial charge in [-0.3, -0.25) is 4.31 Å². The van der Waals surface area contributed by atoms with Gasteiger partial charge in [0.15, 0.2) is 0 Å². The number of benzene rings is 4. The second-order valence-electron chi connectivity index (χ2n) is 8.22. The molecule has 0 aliphatic heterocycles. The highest BCUT2D eigenvalue weighted by Crippen LogP contribution is 2.38. The van der Waals surface area contributed by atoms with Crippen molar-refractivity contribution in [2.45, 2.75) is 13.5 Å². The first-order valence-electron chi connectivity index (χ1n) is 11.7. The van der Waals surface area contributed by atoms with E-state index < -0.39 is 10.0 Å². The zero-order valence-corrected chi connectivity index (χ0v) is 21.8. The molecule has 0 heterocycles. The van der Waals surface area contributed by atoms with E-state index in [1.54, 1.807) is 14.0 Å². The lowest BCUT2D eigenvalue weighted by Gasteiger charge is -2.30. The van der Waals surface area contributed by atoms with E-state index in [1.807, 2.05) is 109 Å². The topological polar surface area (TPSA) is 46.6 Å². The lowest BCUT2D eigenvalue weighted by molar-refractivity contribution is 0.414. The summed E-state index contributed by atoms with van der Waals surface area (Å²) in [5, 5.41) is 0.611. The Labute approximate surface area is 218 Å². The zero-order valence-electron chi connectivity index (χ0n) is 20.3. The van der Waals surface area contributed by atoms with E-state index in [-0.39, 0.29) is 12.3 Å². The van der Waals surface area contributed by atoms with E-state index in [0.29, 0.717) is 16.5 Å². The van der Waals surface area contributed by atoms with E-state index in [4.69, 9.17) is 16.3 Å². The molecular weight excluding hydrogens is 490 g/mol. The van der Waals surface area contributed by atoms with Crippen LogP contribution in [0.1, 0.15) is 29.2 Å². The van der Waals surface area contributed by atoms with Crippen LogP contribution in [0, 0.1) is 0 Å². The van der Waals surface area contributed by atoms with Crippen LogP contribution in [0.15, 0.2) is 109 Å². The molecule has 0 fully saturated rings. The Morgan fingerprint density at radius 2 is 1.28 bits per heavy atom. The molecule has 6 heteroatoms. The Morgan fingerprint density at radius 1 is 0.750 bits per heavy atom. The van der Waals surface area contributed by atoms with Crippen LogP contribution in [-0.4, -0.2) is 25.6 Å². The summed E-state index contributed by atoms with van der Waals surface area (Å²) in [5.74, 6) is 0.654. The van der Waals surface area contributed by atoms with Gasteiger partial charge in [-0.15, -0.1) is 0 Å². The summed E-state index contributed by atoms with van der Waals surface area (Å²) in [5.41, 5.74) is 4.81. The van der Waals surface area contributed by atoms with E-state index in [2.05, 4.69) is 0 Å². The first-order chi connectivity index (χ1) is 17.4. The van der Waals surface area contributed by atoms with Crippen LogP contribution in [0.25, 0.3) is 11.3 Å². The molecule has 0 aliphatic rings. The Balaban J connectivity index is 2.09. The number of hydrogen-bond donors (Lipinski definition) is 0. The highest BCUT2D eigenvalue weighted by atomic mass is 35.5. The highest BCUT2D eigenvalue weighted by Gasteiger charge is 2.28. The minimum Gasteiger partial charge on any atom is -0.497 e. The Hall–Kier alpha value is -3.54. The largest absolute Gasteiger partial charge is 0.497 e. The summed E-state index contributed by atoms with van der Waals surface area (Å²) in [4.78, 5) is 0. The van der Waals surface area contributed by atoms with Crippen LogP contribution >= 0.6 is 11.6 Å². The minimum absolute atomic E-state index is 0.0395. The minimum atomic E-state index is -3.67. The first-order valence-corrected chi connectivity index (χ1v) is 13.7. The van der Waals surface area contributed by atoms with Gasteiger partial charge in [0.05, 0.1) is 25.1 Å². The molecule has 0 aromatic heterocycles. The predicted molar refractivity (Wildman–Crippen MR) is 148 cm³/mol. The Morgan fingerprint density at radius 3 is 1.83 bits per heavy atom. The predicted octanol–water partition coefficient (Wildman–Crippen LogP) is 7.12. The smallest absolute Gasteiger partial charge is 0.235 e. The SMILES string of the molecule is CCS(=O)(=O)N(Cc1ccccc1)/C(=C(/c1ccccc1)c1ccc(Cl)cc1)c1ccc(OC)cc1. The van der Waals surface area contributed by atoms with Gasteiger partial charge in [-0.25, -0.2) is 8.42 Å². The lowest BCUT2D eigenvalue weighted by Crippen LogP contribution is -2.31. The number of ether oxygens (including phenoxy) is 1. The van der Waals surface area contributed by atoms with Crippen molar-refractivity contribution in [3.63, 3.8) is 0 Å². The van der Waals surface area contributed by atoms with Gasteiger partial charge in [0.1, 0.15) is 5.75 Å². The van der Waals surface area contributed by atoms with Crippen LogP contribution in [-0.2, 0) is 16.6 Å². The molecule has 0 spiro atoms. The van der Waals surface area contributed by atoms with Crippen LogP contribution in [0.3, 0.4) is 0 Å². The molecule has 4 aromatic carbocycles. The number of halogens is 1. The van der Waals surface area contributed by atoms with Crippen molar-refractivity contribution in [2.75, 3.05) is 12.9 Å². The Bertz CT molecular complexity index is 1420. The molecule has 0 saturated heterocycles. The van der Waals surface area contributed by atoms with Crippen molar-refractivity contribution in [3.05, 3.63) is 136 Å². The molecule has 0 aliphatic carbocycles. The summed E-state index contributed by atoms with van der Waals surface area (Å²) < 4.78 is 34.3. The molecule has 184 valence electrons. The number of sulfonamides is 1. The molecule has 4 nitrogen and oxygen atoms in total. The molecule has 0 amide bonds. The lowest BCUT2D eigenvalue weighted by atomic mass is 9.93. The summed E-state index contributed by atoms with van der Waals surface area (Å²) >= 11 is 6.22. The van der Waals surface area contributed by atoms with E-state index in [1.165, 1.54) is 4.31 Å². The van der Waals surface area contributed by atoms with Crippen molar-refractivity contribution in [1.29, 1.82) is 0 Å². The van der Waals surface area contributed by atoms with Crippen LogP contribution < -0.4 is 4.74 Å². The molecule has 0 saturated carbocycles. The van der Waals surface area contributed by atoms with Gasteiger partial charge in [0.2, 0.25) is 10.0 Å². The van der Waals surface area contributed by atoms with Crippen molar-refractivity contribution < 1.29 is 13.2 Å². The Kier molecular flexibility index (Phi) is 8.14. The third-order valence-electron chi connectivity index (χ3n) is 5.91. The summed E-state index contributed by atoms with van der Waals surface area (Å²) in [6.45, 7) is 1.87. The molecule has 0 radical (unpaired) electrons. The number of nitrogens with zero attached hydrogens (tertiary/aromatic N) is 1. The summed E-state index contributed by atoms with van der Waals surface area (Å²) in [7, 11) is -2.06. The average molecular weight is 518 g/mol. The number of hydrogen-bond acceptors (Lipinski definition) is 3. The zero-order chi connectivity index (χ0) is 25.5. The molecule has 4 aromatic rings. The second-order valence-corrected chi connectivity index (χ2v) is 10.8. The van der Waals surface area contributed by atoms with Crippen molar-refractivity contribution in [2.24, 2.45) is 0 Å². The van der Waals surface area contributed by atoms with Crippen molar-refractivity contribution >= 4 is 32.9 Å². The van der Waals surface area contributed by atoms with Crippen LogP contribution in [0.2, 0.25) is 5.02 Å². The maximum absolute atomic E-state index is 13.7. The van der Waals surface area contributed by atoms with Gasteiger partial charge in [0.25, 0.3) is 0 Å². The monoisotopic (exact) mass is 517 g/mol. The number of rotatable bonds is 9. The van der Waals surface area contributed by atoms with Crippen molar-refractivity contribution in [1.82, 2.24) is 4.31 Å². The molecule has 0 unspecified atom stereocenters. The van der Waals surface area contributed by atoms with Gasteiger partial charge in [-0.2, -0.15) is 0 Å². The van der Waals surface area contributed by atoms with Crippen LogP contribution in [0.5, 0.6) is 5.75 Å². The number of methoxy groups -OCH3 is 1. The molecule has 0 atom stereocenters. The molecule has 0 N–H and O–H groups in total. The van der Waals surface area contributed by atoms with Gasteiger partial charge in [-0.1, -0.05) is 84.4 Å². The fourth-order valence-electron chi connectivity index (χ4n) is 4.04. The van der Waals surface area contributed by atoms with Crippen LogP contribution in [0.4, 0.5) is 0 Å². The van der Waals surface area contributed by atoms with Gasteiger partial charge < -0.3 is 4.74 Å². The highest BCUT2D eigenvalue weighted by molar-refractivity contribution is 7.89. The third kappa shape index (κ3) is 5.81. The maximum atomic E-state index is 13.7. The summed E-state index contributed by atoms with van der Waals surface area (Å²) in [6, 6.07) is 34.4. The van der Waals surface area contributed by atoms with Gasteiger partial charge >= 0.3 is 0 Å². The van der Waals surface area contributed by atoms with E-state index in [9.17, 15) is 8.42 Å². The fraction of sp³-hybridized carbons (Fsp3) is 0.133. The molecule has 0 bridgehead atoms. The summed E-state index contributed by atoms with van der Waals surface area (Å²) in [6.07, 6.45) is 0. The maximum Gasteiger partial charge on any atom is 0.235 e. The van der Waals surface area contributed by atoms with E-state index in [0.717, 1.165) is 27.8 Å². The molecular formula is C30H28ClNO3S. The molecule has 36 heavy (non-hydrogen) atoms.